The minimum absolute atomic E-state index is 0.0195. The van der Waals surface area contributed by atoms with Gasteiger partial charge in [0, 0.05) is 23.2 Å². The largest absolute Gasteiger partial charge is 0.324 e. The Labute approximate surface area is 149 Å². The molecule has 2 rings (SSSR count). The van der Waals surface area contributed by atoms with E-state index in [1.54, 1.807) is 12.1 Å². The number of hydrogen-bond acceptors (Lipinski definition) is 5. The van der Waals surface area contributed by atoms with Crippen LogP contribution in [0, 0.1) is 21.4 Å². The van der Waals surface area contributed by atoms with Gasteiger partial charge < -0.3 is 10.6 Å². The first-order chi connectivity index (χ1) is 11.9. The summed E-state index contributed by atoms with van der Waals surface area (Å²) in [7, 11) is 0. The lowest BCUT2D eigenvalue weighted by Crippen LogP contribution is -2.30. The van der Waals surface area contributed by atoms with Crippen LogP contribution in [0.5, 0.6) is 0 Å². The molecule has 0 aliphatic carbocycles. The van der Waals surface area contributed by atoms with Gasteiger partial charge >= 0.3 is 0 Å². The number of rotatable bonds is 6. The maximum absolute atomic E-state index is 12.1. The molecule has 1 unspecified atom stereocenters. The molecular formula is C17H15ClN4O3. The lowest BCUT2D eigenvalue weighted by Gasteiger charge is -2.14. The molecule has 0 bridgehead atoms. The number of halogens is 1. The van der Waals surface area contributed by atoms with Crippen molar-refractivity contribution in [2.75, 3.05) is 11.9 Å². The van der Waals surface area contributed by atoms with Crippen molar-refractivity contribution in [1.82, 2.24) is 5.32 Å². The Morgan fingerprint density at radius 1 is 1.32 bits per heavy atom. The van der Waals surface area contributed by atoms with E-state index >= 15 is 0 Å². The number of nitro benzene ring substituents is 1. The Morgan fingerprint density at radius 3 is 2.60 bits per heavy atom. The van der Waals surface area contributed by atoms with Crippen molar-refractivity contribution in [3.63, 3.8) is 0 Å². The zero-order chi connectivity index (χ0) is 18.4. The van der Waals surface area contributed by atoms with Crippen LogP contribution >= 0.6 is 11.6 Å². The van der Waals surface area contributed by atoms with Gasteiger partial charge in [-0.15, -0.1) is 0 Å². The molecule has 0 radical (unpaired) electrons. The topological polar surface area (TPSA) is 108 Å². The summed E-state index contributed by atoms with van der Waals surface area (Å²) in [6.07, 6.45) is 0. The summed E-state index contributed by atoms with van der Waals surface area (Å²) in [5.74, 6) is -0.355. The van der Waals surface area contributed by atoms with Gasteiger partial charge in [0.05, 0.1) is 22.7 Å². The zero-order valence-corrected chi connectivity index (χ0v) is 14.1. The quantitative estimate of drug-likeness (QED) is 0.607. The average Bonchev–Trinajstić information content (AvgIpc) is 2.60. The minimum atomic E-state index is -0.595. The molecule has 0 aliphatic rings. The van der Waals surface area contributed by atoms with Crippen molar-refractivity contribution in [3.05, 3.63) is 68.7 Å². The van der Waals surface area contributed by atoms with E-state index in [0.29, 0.717) is 5.02 Å². The molecule has 7 nitrogen and oxygen atoms in total. The van der Waals surface area contributed by atoms with Gasteiger partial charge in [-0.2, -0.15) is 5.26 Å². The number of amides is 1. The molecule has 1 amide bonds. The number of non-ortho nitro benzene ring substituents is 1. The highest BCUT2D eigenvalue weighted by Gasteiger charge is 2.13. The second kappa shape index (κ2) is 8.24. The fourth-order valence-electron chi connectivity index (χ4n) is 2.16. The number of nitro groups is 1. The van der Waals surface area contributed by atoms with E-state index in [2.05, 4.69) is 10.6 Å². The number of benzene rings is 2. The van der Waals surface area contributed by atoms with Crippen LogP contribution in [0.25, 0.3) is 0 Å². The van der Waals surface area contributed by atoms with Crippen molar-refractivity contribution < 1.29 is 9.72 Å². The summed E-state index contributed by atoms with van der Waals surface area (Å²) >= 11 is 5.84. The number of anilines is 1. The Balaban J connectivity index is 1.97. The first-order valence-electron chi connectivity index (χ1n) is 7.38. The number of nitrogens with zero attached hydrogens (tertiary/aromatic N) is 2. The molecule has 0 aromatic heterocycles. The molecule has 2 aromatic carbocycles. The van der Waals surface area contributed by atoms with Gasteiger partial charge in [0.1, 0.15) is 6.07 Å². The highest BCUT2D eigenvalue weighted by Crippen LogP contribution is 2.21. The molecule has 128 valence electrons. The van der Waals surface area contributed by atoms with Gasteiger partial charge in [-0.05, 0) is 30.7 Å². The van der Waals surface area contributed by atoms with E-state index in [9.17, 15) is 14.9 Å². The fourth-order valence-corrected chi connectivity index (χ4v) is 2.28. The third-order valence-corrected chi connectivity index (χ3v) is 3.80. The molecule has 25 heavy (non-hydrogen) atoms. The van der Waals surface area contributed by atoms with Gasteiger partial charge in [0.15, 0.2) is 0 Å². The molecule has 2 aromatic rings. The molecule has 0 saturated heterocycles. The highest BCUT2D eigenvalue weighted by atomic mass is 35.5. The monoisotopic (exact) mass is 358 g/mol. The summed E-state index contributed by atoms with van der Waals surface area (Å²) in [5, 5.41) is 26.1. The van der Waals surface area contributed by atoms with E-state index in [1.807, 2.05) is 25.1 Å². The average molecular weight is 359 g/mol. The van der Waals surface area contributed by atoms with Gasteiger partial charge in [0.25, 0.3) is 5.69 Å². The predicted octanol–water partition coefficient (Wildman–Crippen LogP) is 3.41. The Bertz CT molecular complexity index is 831. The summed E-state index contributed by atoms with van der Waals surface area (Å²) in [5.41, 5.74) is 1.04. The van der Waals surface area contributed by atoms with Crippen LogP contribution in [0.1, 0.15) is 24.1 Å². The van der Waals surface area contributed by atoms with E-state index in [1.165, 1.54) is 12.1 Å². The summed E-state index contributed by atoms with van der Waals surface area (Å²) in [6, 6.07) is 12.7. The van der Waals surface area contributed by atoms with E-state index in [4.69, 9.17) is 16.9 Å². The first-order valence-corrected chi connectivity index (χ1v) is 7.75. The van der Waals surface area contributed by atoms with E-state index in [-0.39, 0.29) is 35.4 Å². The van der Waals surface area contributed by atoms with Gasteiger partial charge in [-0.25, -0.2) is 0 Å². The van der Waals surface area contributed by atoms with Crippen molar-refractivity contribution in [1.29, 1.82) is 5.26 Å². The lowest BCUT2D eigenvalue weighted by molar-refractivity contribution is -0.384. The summed E-state index contributed by atoms with van der Waals surface area (Å²) < 4.78 is 0. The zero-order valence-electron chi connectivity index (χ0n) is 13.3. The molecule has 0 aliphatic heterocycles. The van der Waals surface area contributed by atoms with E-state index < -0.39 is 4.92 Å². The van der Waals surface area contributed by atoms with Crippen LogP contribution < -0.4 is 10.6 Å². The third-order valence-electron chi connectivity index (χ3n) is 3.55. The van der Waals surface area contributed by atoms with Gasteiger partial charge in [-0.3, -0.25) is 14.9 Å². The molecule has 8 heteroatoms. The highest BCUT2D eigenvalue weighted by molar-refractivity contribution is 6.30. The third kappa shape index (κ3) is 5.01. The number of hydrogen-bond donors (Lipinski definition) is 2. The minimum Gasteiger partial charge on any atom is -0.324 e. The molecular weight excluding hydrogens is 344 g/mol. The molecule has 0 heterocycles. The second-order valence-electron chi connectivity index (χ2n) is 5.30. The fraction of sp³-hybridized carbons (Fsp3) is 0.176. The van der Waals surface area contributed by atoms with Crippen LogP contribution in [0.2, 0.25) is 5.02 Å². The van der Waals surface area contributed by atoms with E-state index in [0.717, 1.165) is 11.6 Å². The predicted molar refractivity (Wildman–Crippen MR) is 94.3 cm³/mol. The SMILES string of the molecule is CC(NCC(=O)Nc1ccc([N+](=O)[O-])cc1C#N)c1ccc(Cl)cc1. The summed E-state index contributed by atoms with van der Waals surface area (Å²) in [4.78, 5) is 22.2. The molecule has 0 saturated carbocycles. The maximum Gasteiger partial charge on any atom is 0.270 e. The second-order valence-corrected chi connectivity index (χ2v) is 5.74. The molecule has 0 fully saturated rings. The molecule has 0 spiro atoms. The van der Waals surface area contributed by atoms with Crippen molar-refractivity contribution in [2.45, 2.75) is 13.0 Å². The summed E-state index contributed by atoms with van der Waals surface area (Å²) in [6.45, 7) is 1.93. The van der Waals surface area contributed by atoms with Gasteiger partial charge in [0.2, 0.25) is 5.91 Å². The number of nitriles is 1. The molecule has 1 atom stereocenters. The van der Waals surface area contributed by atoms with Crippen LogP contribution in [-0.4, -0.2) is 17.4 Å². The number of carbonyl (C=O) groups excluding carboxylic acids is 1. The standard InChI is InChI=1S/C17H15ClN4O3/c1-11(12-2-4-14(18)5-3-12)20-10-17(23)21-16-7-6-15(22(24)25)8-13(16)9-19/h2-8,11,20H,10H2,1H3,(H,21,23). The lowest BCUT2D eigenvalue weighted by atomic mass is 10.1. The van der Waals surface area contributed by atoms with Crippen LogP contribution in [0.3, 0.4) is 0 Å². The molecule has 2 N–H and O–H groups in total. The van der Waals surface area contributed by atoms with Gasteiger partial charge in [-0.1, -0.05) is 23.7 Å². The Kier molecular flexibility index (Phi) is 6.06. The first kappa shape index (κ1) is 18.4. The normalized spacial score (nSPS) is 11.4. The van der Waals surface area contributed by atoms with Crippen LogP contribution in [0.15, 0.2) is 42.5 Å². The number of nitrogens with one attached hydrogen (secondary N) is 2. The van der Waals surface area contributed by atoms with Crippen molar-refractivity contribution in [2.24, 2.45) is 0 Å². The number of carbonyl (C=O) groups is 1. The van der Waals surface area contributed by atoms with Crippen molar-refractivity contribution >= 4 is 28.9 Å². The maximum atomic E-state index is 12.1. The smallest absolute Gasteiger partial charge is 0.270 e. The van der Waals surface area contributed by atoms with Crippen molar-refractivity contribution in [3.8, 4) is 6.07 Å². The Morgan fingerprint density at radius 2 is 2.00 bits per heavy atom. The van der Waals surface area contributed by atoms with Crippen LogP contribution in [0.4, 0.5) is 11.4 Å². The van der Waals surface area contributed by atoms with Crippen LogP contribution in [-0.2, 0) is 4.79 Å². The Hall–Kier alpha value is -2.95.